The molecule has 114 valence electrons. The van der Waals surface area contributed by atoms with Crippen LogP contribution in [0.2, 0.25) is 0 Å². The van der Waals surface area contributed by atoms with Gasteiger partial charge in [0.2, 0.25) is 5.82 Å². The van der Waals surface area contributed by atoms with Crippen LogP contribution in [-0.4, -0.2) is 39.9 Å². The standard InChI is InChI=1S/C12H12F2N2O5/c1-3-9(12(18)19)15(2)11(17)6-4-8(14)10(16(20)21)5-7(6)13/h4-5,9H,3H2,1-2H3,(H,18,19). The van der Waals surface area contributed by atoms with Crippen molar-refractivity contribution in [3.8, 4) is 0 Å². The number of carboxylic acid groups (broad SMARTS) is 1. The number of nitro benzene ring substituents is 1. The lowest BCUT2D eigenvalue weighted by molar-refractivity contribution is -0.387. The van der Waals surface area contributed by atoms with Crippen molar-refractivity contribution < 1.29 is 28.4 Å². The van der Waals surface area contributed by atoms with Gasteiger partial charge in [-0.2, -0.15) is 4.39 Å². The van der Waals surface area contributed by atoms with Crippen LogP contribution in [0.4, 0.5) is 14.5 Å². The molecule has 0 saturated heterocycles. The summed E-state index contributed by atoms with van der Waals surface area (Å²) >= 11 is 0. The lowest BCUT2D eigenvalue weighted by Crippen LogP contribution is -2.42. The van der Waals surface area contributed by atoms with Gasteiger partial charge in [-0.1, -0.05) is 6.92 Å². The van der Waals surface area contributed by atoms with E-state index in [1.54, 1.807) is 0 Å². The fraction of sp³-hybridized carbons (Fsp3) is 0.333. The smallest absolute Gasteiger partial charge is 0.326 e. The van der Waals surface area contributed by atoms with Gasteiger partial charge in [-0.25, -0.2) is 9.18 Å². The van der Waals surface area contributed by atoms with Crippen molar-refractivity contribution in [1.82, 2.24) is 4.90 Å². The number of benzene rings is 1. The maximum absolute atomic E-state index is 13.7. The minimum absolute atomic E-state index is 0.0641. The van der Waals surface area contributed by atoms with Crippen LogP contribution in [-0.2, 0) is 4.79 Å². The van der Waals surface area contributed by atoms with Gasteiger partial charge in [0.25, 0.3) is 5.91 Å². The van der Waals surface area contributed by atoms with Crippen LogP contribution in [0.3, 0.4) is 0 Å². The molecule has 0 saturated carbocycles. The number of aliphatic carboxylic acids is 1. The molecule has 1 aromatic carbocycles. The fourth-order valence-electron chi connectivity index (χ4n) is 1.79. The van der Waals surface area contributed by atoms with Gasteiger partial charge in [-0.15, -0.1) is 0 Å². The van der Waals surface area contributed by atoms with Crippen molar-refractivity contribution >= 4 is 17.6 Å². The van der Waals surface area contributed by atoms with Gasteiger partial charge >= 0.3 is 11.7 Å². The Bertz CT molecular complexity index is 606. The SMILES string of the molecule is CCC(C(=O)O)N(C)C(=O)c1cc(F)c([N+](=O)[O-])cc1F. The second-order valence-electron chi connectivity index (χ2n) is 4.22. The molecule has 1 rings (SSSR count). The summed E-state index contributed by atoms with van der Waals surface area (Å²) in [7, 11) is 1.13. The summed E-state index contributed by atoms with van der Waals surface area (Å²) < 4.78 is 27.2. The highest BCUT2D eigenvalue weighted by Gasteiger charge is 2.29. The number of halogens is 2. The number of likely N-dealkylation sites (N-methyl/N-ethyl adjacent to an activating group) is 1. The molecule has 0 aliphatic heterocycles. The van der Waals surface area contributed by atoms with Gasteiger partial charge in [-0.05, 0) is 12.5 Å². The van der Waals surface area contributed by atoms with Crippen molar-refractivity contribution in [2.75, 3.05) is 7.05 Å². The van der Waals surface area contributed by atoms with Gasteiger partial charge < -0.3 is 10.0 Å². The van der Waals surface area contributed by atoms with Crippen LogP contribution >= 0.6 is 0 Å². The van der Waals surface area contributed by atoms with E-state index in [9.17, 15) is 28.5 Å². The molecule has 9 heteroatoms. The molecule has 1 unspecified atom stereocenters. The largest absolute Gasteiger partial charge is 0.480 e. The van der Waals surface area contributed by atoms with Gasteiger partial charge in [0.15, 0.2) is 0 Å². The third kappa shape index (κ3) is 3.30. The number of hydrogen-bond donors (Lipinski definition) is 1. The molecule has 0 fully saturated rings. The summed E-state index contributed by atoms with van der Waals surface area (Å²) in [6, 6.07) is -0.533. The van der Waals surface area contributed by atoms with Gasteiger partial charge in [0.1, 0.15) is 11.9 Å². The molecule has 0 aliphatic carbocycles. The number of carboxylic acids is 1. The van der Waals surface area contributed by atoms with Crippen LogP contribution in [0.25, 0.3) is 0 Å². The van der Waals surface area contributed by atoms with Crippen molar-refractivity contribution in [2.45, 2.75) is 19.4 Å². The molecule has 1 amide bonds. The quantitative estimate of drug-likeness (QED) is 0.660. The molecule has 1 atom stereocenters. The molecule has 0 radical (unpaired) electrons. The Kier molecular flexibility index (Phi) is 4.90. The number of nitrogens with zero attached hydrogens (tertiary/aromatic N) is 2. The predicted octanol–water partition coefficient (Wildman–Crippen LogP) is 1.81. The summed E-state index contributed by atoms with van der Waals surface area (Å²) in [5, 5.41) is 19.4. The van der Waals surface area contributed by atoms with Crippen molar-refractivity contribution in [1.29, 1.82) is 0 Å². The van der Waals surface area contributed by atoms with Crippen LogP contribution in [0, 0.1) is 21.7 Å². The van der Waals surface area contributed by atoms with Crippen molar-refractivity contribution in [3.05, 3.63) is 39.4 Å². The van der Waals surface area contributed by atoms with Crippen molar-refractivity contribution in [2.24, 2.45) is 0 Å². The second-order valence-corrected chi connectivity index (χ2v) is 4.22. The molecule has 0 aromatic heterocycles. The number of carbonyl (C=O) groups is 2. The number of amides is 1. The topological polar surface area (TPSA) is 101 Å². The molecular formula is C12H12F2N2O5. The first kappa shape index (κ1) is 16.5. The Hall–Kier alpha value is -2.58. The normalized spacial score (nSPS) is 11.8. The Balaban J connectivity index is 3.22. The highest BCUT2D eigenvalue weighted by atomic mass is 19.1. The first-order valence-electron chi connectivity index (χ1n) is 5.84. The summed E-state index contributed by atoms with van der Waals surface area (Å²) in [6.07, 6.45) is 0.0641. The van der Waals surface area contributed by atoms with Crippen LogP contribution < -0.4 is 0 Å². The first-order valence-corrected chi connectivity index (χ1v) is 5.84. The molecule has 0 aliphatic rings. The van der Waals surface area contributed by atoms with E-state index in [0.29, 0.717) is 6.07 Å². The molecule has 7 nitrogen and oxygen atoms in total. The van der Waals surface area contributed by atoms with Crippen LogP contribution in [0.15, 0.2) is 12.1 Å². The summed E-state index contributed by atoms with van der Waals surface area (Å²) in [4.78, 5) is 33.0. The zero-order valence-electron chi connectivity index (χ0n) is 11.2. The number of rotatable bonds is 5. The third-order valence-corrected chi connectivity index (χ3v) is 2.92. The average molecular weight is 302 g/mol. The fourth-order valence-corrected chi connectivity index (χ4v) is 1.79. The maximum atomic E-state index is 13.7. The molecule has 1 N–H and O–H groups in total. The Morgan fingerprint density at radius 1 is 1.38 bits per heavy atom. The predicted molar refractivity (Wildman–Crippen MR) is 66.8 cm³/mol. The molecule has 1 aromatic rings. The number of carbonyl (C=O) groups excluding carboxylic acids is 1. The minimum atomic E-state index is -1.37. The minimum Gasteiger partial charge on any atom is -0.480 e. The molecule has 0 bridgehead atoms. The van der Waals surface area contributed by atoms with E-state index < -0.39 is 45.7 Å². The van der Waals surface area contributed by atoms with E-state index in [0.717, 1.165) is 11.9 Å². The Labute approximate surface area is 117 Å². The van der Waals surface area contributed by atoms with E-state index in [1.807, 2.05) is 0 Å². The monoisotopic (exact) mass is 302 g/mol. The molecule has 0 heterocycles. The summed E-state index contributed by atoms with van der Waals surface area (Å²) in [6.45, 7) is 1.51. The average Bonchev–Trinajstić information content (AvgIpc) is 2.40. The first-order chi connectivity index (χ1) is 9.70. The highest BCUT2D eigenvalue weighted by molar-refractivity contribution is 5.96. The van der Waals surface area contributed by atoms with Crippen LogP contribution in [0.1, 0.15) is 23.7 Å². The van der Waals surface area contributed by atoms with Crippen molar-refractivity contribution in [3.63, 3.8) is 0 Å². The van der Waals surface area contributed by atoms with E-state index in [4.69, 9.17) is 5.11 Å². The van der Waals surface area contributed by atoms with Gasteiger partial charge in [0, 0.05) is 7.05 Å². The third-order valence-electron chi connectivity index (χ3n) is 2.92. The molecule has 0 spiro atoms. The molecular weight excluding hydrogens is 290 g/mol. The van der Waals surface area contributed by atoms with E-state index in [2.05, 4.69) is 0 Å². The number of nitro groups is 1. The molecule has 21 heavy (non-hydrogen) atoms. The zero-order chi connectivity index (χ0) is 16.3. The van der Waals surface area contributed by atoms with E-state index in [1.165, 1.54) is 6.92 Å². The summed E-state index contributed by atoms with van der Waals surface area (Å²) in [5.41, 5.74) is -1.86. The van der Waals surface area contributed by atoms with Gasteiger partial charge in [-0.3, -0.25) is 14.9 Å². The lowest BCUT2D eigenvalue weighted by atomic mass is 10.1. The maximum Gasteiger partial charge on any atom is 0.326 e. The lowest BCUT2D eigenvalue weighted by Gasteiger charge is -2.23. The number of hydrogen-bond acceptors (Lipinski definition) is 4. The van der Waals surface area contributed by atoms with E-state index in [-0.39, 0.29) is 12.5 Å². The highest BCUT2D eigenvalue weighted by Crippen LogP contribution is 2.23. The van der Waals surface area contributed by atoms with Crippen LogP contribution in [0.5, 0.6) is 0 Å². The summed E-state index contributed by atoms with van der Waals surface area (Å²) in [5.74, 6) is -5.03. The second kappa shape index (κ2) is 6.25. The Morgan fingerprint density at radius 2 is 1.95 bits per heavy atom. The zero-order valence-corrected chi connectivity index (χ0v) is 11.2. The van der Waals surface area contributed by atoms with E-state index >= 15 is 0 Å². The Morgan fingerprint density at radius 3 is 2.38 bits per heavy atom. The van der Waals surface area contributed by atoms with Gasteiger partial charge in [0.05, 0.1) is 16.6 Å².